The lowest BCUT2D eigenvalue weighted by atomic mass is 9.96. The first kappa shape index (κ1) is 43.7. The van der Waals surface area contributed by atoms with Crippen LogP contribution in [0, 0.1) is 5.41 Å². The number of thiophene rings is 1. The van der Waals surface area contributed by atoms with E-state index in [1.54, 1.807) is 6.08 Å². The van der Waals surface area contributed by atoms with Gasteiger partial charge in [-0.1, -0.05) is 164 Å². The molecule has 0 aliphatic rings. The molecule has 0 unspecified atom stereocenters. The summed E-state index contributed by atoms with van der Waals surface area (Å²) >= 11 is 1.85. The minimum Gasteiger partial charge on any atom is -0.456 e. The Morgan fingerprint density at radius 2 is 1.24 bits per heavy atom. The van der Waals surface area contributed by atoms with Gasteiger partial charge in [-0.15, -0.1) is 11.3 Å². The van der Waals surface area contributed by atoms with E-state index in [0.29, 0.717) is 6.54 Å². The molecule has 5 nitrogen and oxygen atoms in total. The predicted octanol–water partition coefficient (Wildman–Crippen LogP) is 17.6. The van der Waals surface area contributed by atoms with Gasteiger partial charge in [0.05, 0.1) is 6.54 Å². The van der Waals surface area contributed by atoms with E-state index in [2.05, 4.69) is 158 Å². The van der Waals surface area contributed by atoms with Crippen LogP contribution in [0.1, 0.15) is 29.2 Å². The van der Waals surface area contributed by atoms with Crippen molar-refractivity contribution in [3.05, 3.63) is 247 Å². The third-order valence-corrected chi connectivity index (χ3v) is 13.9. The zero-order valence-corrected chi connectivity index (χ0v) is 39.3. The number of furan rings is 2. The molecular weight excluding hydrogens is 875 g/mol. The first-order valence-electron chi connectivity index (χ1n) is 23.3. The van der Waals surface area contributed by atoms with Crippen molar-refractivity contribution in [3.8, 4) is 33.4 Å². The van der Waals surface area contributed by atoms with E-state index < -0.39 is 0 Å². The molecule has 0 amide bonds. The predicted molar refractivity (Wildman–Crippen MR) is 298 cm³/mol. The smallest absolute Gasteiger partial charge is 0.136 e. The molecule has 3 aromatic heterocycles. The fourth-order valence-corrected chi connectivity index (χ4v) is 10.5. The summed E-state index contributed by atoms with van der Waals surface area (Å²) in [6.45, 7) is 6.33. The molecule has 0 saturated heterocycles. The van der Waals surface area contributed by atoms with Crippen LogP contribution in [0.3, 0.4) is 0 Å². The fraction of sp³-hybridized carbons (Fsp3) is 0.0312. The van der Waals surface area contributed by atoms with Gasteiger partial charge in [-0.2, -0.15) is 0 Å². The minimum absolute atomic E-state index is 0.0799. The molecule has 0 bridgehead atoms. The van der Waals surface area contributed by atoms with Crippen molar-refractivity contribution in [1.82, 2.24) is 0 Å². The number of nitrogens with zero attached hydrogens (tertiary/aromatic N) is 1. The number of rotatable bonds is 10. The lowest BCUT2D eigenvalue weighted by Gasteiger charge is -2.06. The van der Waals surface area contributed by atoms with Gasteiger partial charge in [0.1, 0.15) is 28.2 Å². The number of nitrogen functional groups attached to an aromatic ring is 1. The van der Waals surface area contributed by atoms with Crippen LogP contribution in [0.15, 0.2) is 239 Å². The number of fused-ring (bicyclic) bond motifs is 9. The molecule has 0 radical (unpaired) electrons. The summed E-state index contributed by atoms with van der Waals surface area (Å²) in [6.07, 6.45) is 9.67. The van der Waals surface area contributed by atoms with E-state index in [-0.39, 0.29) is 5.84 Å². The Morgan fingerprint density at radius 3 is 2.09 bits per heavy atom. The molecular formula is C64H47N3O2S. The second-order valence-electron chi connectivity index (χ2n) is 17.2. The maximum atomic E-state index is 7.39. The molecule has 9 aromatic carbocycles. The van der Waals surface area contributed by atoms with Crippen LogP contribution in [0.5, 0.6) is 0 Å². The molecule has 12 rings (SSSR count). The van der Waals surface area contributed by atoms with Crippen LogP contribution in [0.2, 0.25) is 0 Å². The van der Waals surface area contributed by atoms with Crippen molar-refractivity contribution in [2.45, 2.75) is 13.5 Å². The first-order valence-corrected chi connectivity index (χ1v) is 24.1. The van der Waals surface area contributed by atoms with E-state index in [4.69, 9.17) is 25.0 Å². The van der Waals surface area contributed by atoms with Gasteiger partial charge in [-0.05, 0) is 118 Å². The maximum absolute atomic E-state index is 7.39. The standard InChI is InChI=1S/C50H31NO2S.C14H16N2/c1-2-10-32(11-3-1)33-12-6-9-31(25-33)29-51-30-37-13-7-16-44-49(37)42-26-36(21-24-43(42)52-44)38-15-8-17-45-50(38)41-23-20-34(27-46(41)53-45)35-19-22-40-39-14-4-5-18-47(39)54-48(40)28-35;1-3-5-7-11(4-2)12-8-6-9-13(10-12)14(15)16/h1-28,30H,29H2;3-10H,2H2,1H3,(H3,15,16)/b;5-3-,11-7+. The summed E-state index contributed by atoms with van der Waals surface area (Å²) in [6, 6.07) is 67.7. The van der Waals surface area contributed by atoms with Gasteiger partial charge >= 0.3 is 0 Å². The van der Waals surface area contributed by atoms with Crippen LogP contribution in [0.4, 0.5) is 0 Å². The average molecular weight is 922 g/mol. The van der Waals surface area contributed by atoms with E-state index >= 15 is 0 Å². The average Bonchev–Trinajstić information content (AvgIpc) is 4.10. The van der Waals surface area contributed by atoms with Crippen LogP contribution in [-0.4, -0.2) is 12.1 Å². The van der Waals surface area contributed by atoms with Crippen molar-refractivity contribution in [2.24, 2.45) is 10.7 Å². The Hall–Kier alpha value is -8.84. The zero-order valence-electron chi connectivity index (χ0n) is 38.5. The van der Waals surface area contributed by atoms with Crippen molar-refractivity contribution in [3.63, 3.8) is 0 Å². The molecule has 0 aliphatic heterocycles. The molecule has 336 valence electrons. The number of nitrogens with one attached hydrogen (secondary N) is 1. The lowest BCUT2D eigenvalue weighted by molar-refractivity contribution is 0.669. The van der Waals surface area contributed by atoms with Crippen LogP contribution in [0.25, 0.3) is 103 Å². The lowest BCUT2D eigenvalue weighted by Crippen LogP contribution is -2.10. The van der Waals surface area contributed by atoms with Crippen molar-refractivity contribution in [1.29, 1.82) is 5.41 Å². The number of nitrogens with two attached hydrogens (primary N) is 1. The SMILES string of the molecule is C(=NCc1cccc(-c2ccccc2)c1)c1cccc2oc3ccc(-c4cccc5oc6cc(-c7ccc8c(c7)sc7ccccc78)ccc6c45)cc3c12.C=C/C(=C\C=C/C)c1cccc(C(=N)N)c1. The number of hydrogen-bond donors (Lipinski definition) is 2. The highest BCUT2D eigenvalue weighted by atomic mass is 32.1. The number of allylic oxidation sites excluding steroid dienone is 5. The molecule has 0 saturated carbocycles. The molecule has 0 atom stereocenters. The molecule has 3 N–H and O–H groups in total. The Morgan fingerprint density at radius 1 is 0.557 bits per heavy atom. The first-order chi connectivity index (χ1) is 34.4. The summed E-state index contributed by atoms with van der Waals surface area (Å²) in [4.78, 5) is 4.91. The Bertz CT molecular complexity index is 4050. The van der Waals surface area contributed by atoms with Gasteiger partial charge in [0, 0.05) is 59.1 Å². The van der Waals surface area contributed by atoms with E-state index in [1.165, 1.54) is 42.4 Å². The van der Waals surface area contributed by atoms with Crippen molar-refractivity contribution < 1.29 is 8.83 Å². The summed E-state index contributed by atoms with van der Waals surface area (Å²) < 4.78 is 15.5. The second-order valence-corrected chi connectivity index (χ2v) is 18.3. The molecule has 12 aromatic rings. The monoisotopic (exact) mass is 921 g/mol. The quantitative estimate of drug-likeness (QED) is 0.0814. The van der Waals surface area contributed by atoms with E-state index in [1.807, 2.05) is 85.2 Å². The van der Waals surface area contributed by atoms with E-state index in [0.717, 1.165) is 82.8 Å². The summed E-state index contributed by atoms with van der Waals surface area (Å²) in [5.41, 5.74) is 20.9. The highest BCUT2D eigenvalue weighted by Gasteiger charge is 2.17. The minimum atomic E-state index is 0.0799. The third-order valence-electron chi connectivity index (χ3n) is 12.8. The number of aliphatic imine (C=N–C) groups is 1. The van der Waals surface area contributed by atoms with Crippen molar-refractivity contribution >= 4 is 93.0 Å². The van der Waals surface area contributed by atoms with Gasteiger partial charge in [-0.25, -0.2) is 0 Å². The van der Waals surface area contributed by atoms with Crippen LogP contribution < -0.4 is 5.73 Å². The Labute approximate surface area is 410 Å². The van der Waals surface area contributed by atoms with Crippen LogP contribution in [-0.2, 0) is 6.54 Å². The van der Waals surface area contributed by atoms with Gasteiger partial charge in [0.2, 0.25) is 0 Å². The van der Waals surface area contributed by atoms with Gasteiger partial charge in [0.15, 0.2) is 0 Å². The normalized spacial score (nSPS) is 12.0. The molecule has 0 fully saturated rings. The van der Waals surface area contributed by atoms with Gasteiger partial charge in [-0.3, -0.25) is 10.4 Å². The second kappa shape index (κ2) is 19.0. The highest BCUT2D eigenvalue weighted by Crippen LogP contribution is 2.42. The summed E-state index contributed by atoms with van der Waals surface area (Å²) in [7, 11) is 0. The molecule has 0 aliphatic carbocycles. The topological polar surface area (TPSA) is 88.5 Å². The molecule has 6 heteroatoms. The third kappa shape index (κ3) is 8.53. The fourth-order valence-electron chi connectivity index (χ4n) is 9.36. The van der Waals surface area contributed by atoms with Gasteiger partial charge in [0.25, 0.3) is 0 Å². The molecule has 70 heavy (non-hydrogen) atoms. The summed E-state index contributed by atoms with van der Waals surface area (Å²) in [5.74, 6) is 0.0799. The number of hydrogen-bond acceptors (Lipinski definition) is 5. The van der Waals surface area contributed by atoms with E-state index in [9.17, 15) is 0 Å². The van der Waals surface area contributed by atoms with Crippen molar-refractivity contribution in [2.75, 3.05) is 0 Å². The molecule has 3 heterocycles. The van der Waals surface area contributed by atoms with Crippen LogP contribution >= 0.6 is 11.3 Å². The summed E-state index contributed by atoms with van der Waals surface area (Å²) in [5, 5.41) is 14.4. The Kier molecular flexibility index (Phi) is 11.9. The largest absolute Gasteiger partial charge is 0.456 e. The molecule has 0 spiro atoms. The highest BCUT2D eigenvalue weighted by molar-refractivity contribution is 7.25. The maximum Gasteiger partial charge on any atom is 0.136 e. The van der Waals surface area contributed by atoms with Gasteiger partial charge < -0.3 is 14.6 Å². The zero-order chi connectivity index (χ0) is 47.6. The Balaban J connectivity index is 0.000000286. The number of benzene rings is 9. The number of amidine groups is 1.